The van der Waals surface area contributed by atoms with E-state index in [-0.39, 0.29) is 0 Å². The minimum Gasteiger partial charge on any atom is -0.173 e. The van der Waals surface area contributed by atoms with Gasteiger partial charge in [0.15, 0.2) is 0 Å². The second-order valence-corrected chi connectivity index (χ2v) is 0.996. The van der Waals surface area contributed by atoms with E-state index in [0.29, 0.717) is 0 Å². The Kier molecular flexibility index (Phi) is 1.97. The van der Waals surface area contributed by atoms with Crippen molar-refractivity contribution in [2.75, 3.05) is 0 Å². The summed E-state index contributed by atoms with van der Waals surface area (Å²) in [5, 5.41) is 9.02. The summed E-state index contributed by atoms with van der Waals surface area (Å²) in [6.07, 6.45) is -8.25. The smallest absolute Gasteiger partial charge is 0.173 e. The molecule has 0 aromatic carbocycles. The largest absolute Gasteiger partial charge is 0.407 e. The molecule has 0 aromatic rings. The number of hydrogen-bond donors (Lipinski definition) is 0. The molecule has 1 nitrogen and oxygen atoms in total. The van der Waals surface area contributed by atoms with Gasteiger partial charge in [0.25, 0.3) is 6.08 Å². The Morgan fingerprint density at radius 1 is 1.38 bits per heavy atom. The van der Waals surface area contributed by atoms with Gasteiger partial charge in [0, 0.05) is 0 Å². The third kappa shape index (κ3) is 5.42. The summed E-state index contributed by atoms with van der Waals surface area (Å²) in [5.74, 6) is 0. The normalized spacial score (nSPS) is 11.1. The molecule has 0 aliphatic rings. The molecule has 1 radical (unpaired) electrons. The van der Waals surface area contributed by atoms with Crippen LogP contribution >= 0.6 is 0 Å². The highest BCUT2D eigenvalue weighted by Crippen LogP contribution is 2.14. The fourth-order valence-electron chi connectivity index (χ4n) is 0.127. The van der Waals surface area contributed by atoms with Gasteiger partial charge in [-0.25, -0.2) is 0 Å². The van der Waals surface area contributed by atoms with Crippen molar-refractivity contribution in [1.82, 2.24) is 0 Å². The molecule has 0 N–H and O–H groups in total. The predicted octanol–water partition coefficient (Wildman–Crippen LogP) is 1.79. The van der Waals surface area contributed by atoms with Crippen LogP contribution in [0.2, 0.25) is 0 Å². The Morgan fingerprint density at radius 2 is 1.75 bits per heavy atom. The Labute approximate surface area is 42.2 Å². The summed E-state index contributed by atoms with van der Waals surface area (Å²) in [5.41, 5.74) is 0. The van der Waals surface area contributed by atoms with Gasteiger partial charge < -0.3 is 0 Å². The second-order valence-electron chi connectivity index (χ2n) is 0.996. The Bertz CT molecular complexity index is 98.3. The molecule has 0 rings (SSSR count). The Morgan fingerprint density at radius 3 is 1.75 bits per heavy atom. The molecule has 0 saturated heterocycles. The lowest BCUT2D eigenvalue weighted by Gasteiger charge is -1.93. The van der Waals surface area contributed by atoms with E-state index in [4.69, 9.17) is 5.11 Å². The van der Waals surface area contributed by atoms with Gasteiger partial charge in [0.05, 0.1) is 6.08 Å². The van der Waals surface area contributed by atoms with Crippen molar-refractivity contribution in [3.05, 3.63) is 12.2 Å². The van der Waals surface area contributed by atoms with Crippen molar-refractivity contribution < 1.29 is 22.7 Å². The maximum Gasteiger partial charge on any atom is 0.407 e. The first-order chi connectivity index (χ1) is 3.42. The van der Waals surface area contributed by atoms with E-state index in [1.807, 2.05) is 0 Å². The molecule has 0 unspecified atom stereocenters. The van der Waals surface area contributed by atoms with E-state index < -0.39 is 18.3 Å². The third-order valence-electron chi connectivity index (χ3n) is 0.277. The molecule has 0 heterocycles. The Balaban J connectivity index is 3.89. The van der Waals surface area contributed by atoms with Crippen LogP contribution in [0.3, 0.4) is 0 Å². The molecule has 8 heavy (non-hydrogen) atoms. The molecule has 0 amide bonds. The lowest BCUT2D eigenvalue weighted by molar-refractivity contribution is -0.202. The van der Waals surface area contributed by atoms with Crippen molar-refractivity contribution in [2.45, 2.75) is 6.11 Å². The van der Waals surface area contributed by atoms with Gasteiger partial charge >= 0.3 is 6.11 Å². The van der Waals surface area contributed by atoms with Crippen LogP contribution in [0.4, 0.5) is 17.6 Å². The van der Waals surface area contributed by atoms with E-state index >= 15 is 0 Å². The standard InChI is InChI=1S/C3HF4O/c4-2(5)1-3(6,7)8/h1H. The second kappa shape index (κ2) is 2.13. The van der Waals surface area contributed by atoms with Crippen LogP contribution in [-0.2, 0) is 5.11 Å². The van der Waals surface area contributed by atoms with Crippen LogP contribution in [0.5, 0.6) is 0 Å². The molecule has 0 spiro atoms. The van der Waals surface area contributed by atoms with Crippen molar-refractivity contribution >= 4 is 0 Å². The summed E-state index contributed by atoms with van der Waals surface area (Å²) in [7, 11) is 0. The van der Waals surface area contributed by atoms with E-state index in [1.54, 1.807) is 0 Å². The van der Waals surface area contributed by atoms with Crippen LogP contribution < -0.4 is 0 Å². The van der Waals surface area contributed by atoms with Crippen LogP contribution in [0.15, 0.2) is 12.2 Å². The molecule has 0 aliphatic carbocycles. The van der Waals surface area contributed by atoms with Gasteiger partial charge in [-0.3, -0.25) is 0 Å². The summed E-state index contributed by atoms with van der Waals surface area (Å²) in [6, 6.07) is 0. The van der Waals surface area contributed by atoms with Crippen LogP contribution in [0, 0.1) is 0 Å². The van der Waals surface area contributed by atoms with Gasteiger partial charge in [0.2, 0.25) is 0 Å². The van der Waals surface area contributed by atoms with Gasteiger partial charge in [-0.15, -0.1) is 0 Å². The zero-order chi connectivity index (χ0) is 6.78. The Hall–Kier alpha value is -0.580. The first-order valence-corrected chi connectivity index (χ1v) is 1.54. The zero-order valence-corrected chi connectivity index (χ0v) is 3.50. The lowest BCUT2D eigenvalue weighted by atomic mass is 10.6. The van der Waals surface area contributed by atoms with Gasteiger partial charge in [-0.1, -0.05) is 0 Å². The topological polar surface area (TPSA) is 19.9 Å². The fourth-order valence-corrected chi connectivity index (χ4v) is 0.127. The SMILES string of the molecule is [O]C(F)(F)C=C(F)F. The van der Waals surface area contributed by atoms with E-state index in [1.165, 1.54) is 0 Å². The molecule has 0 bridgehead atoms. The van der Waals surface area contributed by atoms with Crippen molar-refractivity contribution in [3.8, 4) is 0 Å². The van der Waals surface area contributed by atoms with Crippen molar-refractivity contribution in [1.29, 1.82) is 0 Å². The van der Waals surface area contributed by atoms with Crippen molar-refractivity contribution in [3.63, 3.8) is 0 Å². The maximum atomic E-state index is 10.9. The van der Waals surface area contributed by atoms with Gasteiger partial charge in [-0.2, -0.15) is 22.7 Å². The van der Waals surface area contributed by atoms with E-state index in [0.717, 1.165) is 0 Å². The monoisotopic (exact) mass is 129 g/mol. The number of rotatable bonds is 1. The lowest BCUT2D eigenvalue weighted by Crippen LogP contribution is -2.06. The molecule has 0 saturated carbocycles. The molecule has 47 valence electrons. The average Bonchev–Trinajstić information content (AvgIpc) is 1.21. The molecule has 0 fully saturated rings. The number of alkyl halides is 2. The average molecular weight is 129 g/mol. The molecular weight excluding hydrogens is 128 g/mol. The fraction of sp³-hybridized carbons (Fsp3) is 0.333. The van der Waals surface area contributed by atoms with E-state index in [9.17, 15) is 17.6 Å². The summed E-state index contributed by atoms with van der Waals surface area (Å²) >= 11 is 0. The quantitative estimate of drug-likeness (QED) is 0.481. The molecule has 0 atom stereocenters. The molecule has 5 heteroatoms. The minimum atomic E-state index is -4.64. The van der Waals surface area contributed by atoms with Crippen LogP contribution in [0.1, 0.15) is 0 Å². The highest BCUT2D eigenvalue weighted by molar-refractivity contribution is 4.86. The van der Waals surface area contributed by atoms with E-state index in [2.05, 4.69) is 0 Å². The van der Waals surface area contributed by atoms with Gasteiger partial charge in [0.1, 0.15) is 0 Å². The number of halogens is 4. The minimum absolute atomic E-state index is 0.951. The molecule has 0 aromatic heterocycles. The third-order valence-corrected chi connectivity index (χ3v) is 0.277. The first kappa shape index (κ1) is 7.42. The van der Waals surface area contributed by atoms with Gasteiger partial charge in [-0.05, 0) is 0 Å². The summed E-state index contributed by atoms with van der Waals surface area (Å²) < 4.78 is 43.1. The highest BCUT2D eigenvalue weighted by atomic mass is 19.3. The number of hydrogen-bond acceptors (Lipinski definition) is 0. The van der Waals surface area contributed by atoms with Crippen LogP contribution in [0.25, 0.3) is 0 Å². The first-order valence-electron chi connectivity index (χ1n) is 1.54. The zero-order valence-electron chi connectivity index (χ0n) is 3.50. The summed E-state index contributed by atoms with van der Waals surface area (Å²) in [6.45, 7) is 0. The predicted molar refractivity (Wildman–Crippen MR) is 15.9 cm³/mol. The highest BCUT2D eigenvalue weighted by Gasteiger charge is 2.24. The van der Waals surface area contributed by atoms with Crippen molar-refractivity contribution in [2.24, 2.45) is 0 Å². The molecule has 0 aliphatic heterocycles. The molecular formula is C3HF4O. The maximum absolute atomic E-state index is 10.9. The van der Waals surface area contributed by atoms with Crippen LogP contribution in [-0.4, -0.2) is 6.11 Å². The summed E-state index contributed by atoms with van der Waals surface area (Å²) in [4.78, 5) is 0.